The van der Waals surface area contributed by atoms with Crippen molar-refractivity contribution in [2.45, 2.75) is 50.5 Å². The van der Waals surface area contributed by atoms with E-state index in [2.05, 4.69) is 17.4 Å². The number of hydrogen-bond acceptors (Lipinski definition) is 4. The smallest absolute Gasteiger partial charge is 0.243 e. The lowest BCUT2D eigenvalue weighted by molar-refractivity contribution is -0.114. The molecule has 1 atom stereocenters. The van der Waals surface area contributed by atoms with Gasteiger partial charge < -0.3 is 5.32 Å². The molecule has 2 heterocycles. The third-order valence-corrected chi connectivity index (χ3v) is 7.60. The molecule has 0 aliphatic carbocycles. The fraction of sp³-hybridized carbons (Fsp3) is 0.421. The molecular weight excluding hydrogens is 368 g/mol. The Labute approximate surface area is 159 Å². The van der Waals surface area contributed by atoms with Gasteiger partial charge >= 0.3 is 0 Å². The van der Waals surface area contributed by atoms with Crippen LogP contribution in [0.25, 0.3) is 0 Å². The first kappa shape index (κ1) is 19.1. The minimum Gasteiger partial charge on any atom is -0.326 e. The van der Waals surface area contributed by atoms with Crippen LogP contribution in [0.1, 0.15) is 48.4 Å². The van der Waals surface area contributed by atoms with Crippen molar-refractivity contribution in [1.82, 2.24) is 4.31 Å². The Morgan fingerprint density at radius 1 is 1.12 bits per heavy atom. The van der Waals surface area contributed by atoms with Gasteiger partial charge in [0.15, 0.2) is 0 Å². The van der Waals surface area contributed by atoms with E-state index in [9.17, 15) is 13.2 Å². The predicted octanol–water partition coefficient (Wildman–Crippen LogP) is 4.32. The van der Waals surface area contributed by atoms with Gasteiger partial charge in [0, 0.05) is 28.9 Å². The van der Waals surface area contributed by atoms with Gasteiger partial charge in [-0.1, -0.05) is 12.8 Å². The molecule has 0 spiro atoms. The Kier molecular flexibility index (Phi) is 5.79. The molecule has 140 valence electrons. The highest BCUT2D eigenvalue weighted by molar-refractivity contribution is 7.89. The van der Waals surface area contributed by atoms with Crippen LogP contribution in [-0.4, -0.2) is 25.2 Å². The molecule has 1 aromatic heterocycles. The Hall–Kier alpha value is -1.70. The van der Waals surface area contributed by atoms with Crippen LogP contribution in [0, 0.1) is 6.92 Å². The van der Waals surface area contributed by atoms with Gasteiger partial charge in [-0.3, -0.25) is 4.79 Å². The topological polar surface area (TPSA) is 66.5 Å². The van der Waals surface area contributed by atoms with E-state index in [0.29, 0.717) is 12.2 Å². The van der Waals surface area contributed by atoms with E-state index in [1.165, 1.54) is 11.8 Å². The number of sulfonamides is 1. The van der Waals surface area contributed by atoms with Gasteiger partial charge in [0.25, 0.3) is 0 Å². The number of rotatable bonds is 4. The molecule has 0 unspecified atom stereocenters. The maximum Gasteiger partial charge on any atom is 0.243 e. The fourth-order valence-electron chi connectivity index (χ4n) is 3.34. The summed E-state index contributed by atoms with van der Waals surface area (Å²) in [7, 11) is -3.59. The lowest BCUT2D eigenvalue weighted by atomic mass is 10.1. The SMILES string of the molecule is CC(=O)Nc1ccc(S(=O)(=O)N2CCCCC[C@H]2c2ccc(C)s2)cc1. The van der Waals surface area contributed by atoms with E-state index in [-0.39, 0.29) is 16.8 Å². The summed E-state index contributed by atoms with van der Waals surface area (Å²) in [5.74, 6) is -0.179. The maximum atomic E-state index is 13.3. The summed E-state index contributed by atoms with van der Waals surface area (Å²) in [6.07, 6.45) is 3.82. The van der Waals surface area contributed by atoms with Crippen LogP contribution < -0.4 is 5.32 Å². The van der Waals surface area contributed by atoms with Crippen molar-refractivity contribution in [3.05, 3.63) is 46.2 Å². The third-order valence-electron chi connectivity index (χ3n) is 4.57. The number of thiophene rings is 1. The number of aryl methyl sites for hydroxylation is 1. The summed E-state index contributed by atoms with van der Waals surface area (Å²) in [6, 6.07) is 10.4. The van der Waals surface area contributed by atoms with Crippen LogP contribution in [0.2, 0.25) is 0 Å². The van der Waals surface area contributed by atoms with Crippen molar-refractivity contribution in [3.8, 4) is 0 Å². The Morgan fingerprint density at radius 3 is 2.46 bits per heavy atom. The van der Waals surface area contributed by atoms with Crippen LogP contribution >= 0.6 is 11.3 Å². The quantitative estimate of drug-likeness (QED) is 0.842. The highest BCUT2D eigenvalue weighted by Gasteiger charge is 2.34. The number of nitrogens with zero attached hydrogens (tertiary/aromatic N) is 1. The molecule has 0 bridgehead atoms. The predicted molar refractivity (Wildman–Crippen MR) is 105 cm³/mol. The van der Waals surface area contributed by atoms with Crippen LogP contribution in [0.4, 0.5) is 5.69 Å². The third kappa shape index (κ3) is 4.16. The molecule has 0 saturated carbocycles. The van der Waals surface area contributed by atoms with Crippen LogP contribution in [0.15, 0.2) is 41.3 Å². The van der Waals surface area contributed by atoms with Gasteiger partial charge in [0.2, 0.25) is 15.9 Å². The molecule has 7 heteroatoms. The van der Waals surface area contributed by atoms with Crippen molar-refractivity contribution in [2.24, 2.45) is 0 Å². The van der Waals surface area contributed by atoms with E-state index >= 15 is 0 Å². The van der Waals surface area contributed by atoms with Gasteiger partial charge in [0.1, 0.15) is 0 Å². The maximum absolute atomic E-state index is 13.3. The molecular formula is C19H24N2O3S2. The number of carbonyl (C=O) groups is 1. The summed E-state index contributed by atoms with van der Waals surface area (Å²) >= 11 is 1.67. The van der Waals surface area contributed by atoms with Gasteiger partial charge in [0.05, 0.1) is 10.9 Å². The number of carbonyl (C=O) groups excluding carboxylic acids is 1. The standard InChI is InChI=1S/C19H24N2O3S2/c1-14-7-12-19(25-14)18-6-4-3-5-13-21(18)26(23,24)17-10-8-16(9-11-17)20-15(2)22/h7-12,18H,3-6,13H2,1-2H3,(H,20,22)/t18-/m0/s1. The Bertz CT molecular complexity index is 872. The average molecular weight is 393 g/mol. The Morgan fingerprint density at radius 2 is 1.85 bits per heavy atom. The zero-order valence-electron chi connectivity index (χ0n) is 15.1. The number of nitrogens with one attached hydrogen (secondary N) is 1. The van der Waals surface area contributed by atoms with Crippen molar-refractivity contribution in [2.75, 3.05) is 11.9 Å². The molecule has 0 radical (unpaired) electrons. The molecule has 5 nitrogen and oxygen atoms in total. The number of amides is 1. The monoisotopic (exact) mass is 392 g/mol. The molecule has 26 heavy (non-hydrogen) atoms. The first-order valence-electron chi connectivity index (χ1n) is 8.84. The van der Waals surface area contributed by atoms with E-state index in [1.54, 1.807) is 39.9 Å². The molecule has 1 aliphatic heterocycles. The largest absolute Gasteiger partial charge is 0.326 e. The van der Waals surface area contributed by atoms with Gasteiger partial charge in [-0.25, -0.2) is 8.42 Å². The lowest BCUT2D eigenvalue weighted by Gasteiger charge is -2.28. The molecule has 1 fully saturated rings. The summed E-state index contributed by atoms with van der Waals surface area (Å²) in [4.78, 5) is 13.7. The lowest BCUT2D eigenvalue weighted by Crippen LogP contribution is -2.34. The minimum atomic E-state index is -3.59. The second-order valence-electron chi connectivity index (χ2n) is 6.63. The number of anilines is 1. The zero-order valence-corrected chi connectivity index (χ0v) is 16.7. The second-order valence-corrected chi connectivity index (χ2v) is 9.84. The normalized spacial score (nSPS) is 19.1. The summed E-state index contributed by atoms with van der Waals surface area (Å²) < 4.78 is 28.3. The first-order valence-corrected chi connectivity index (χ1v) is 11.1. The van der Waals surface area contributed by atoms with Crippen molar-refractivity contribution < 1.29 is 13.2 Å². The number of hydrogen-bond donors (Lipinski definition) is 1. The Balaban J connectivity index is 1.92. The number of benzene rings is 1. The molecule has 1 N–H and O–H groups in total. The highest BCUT2D eigenvalue weighted by atomic mass is 32.2. The molecule has 1 aromatic carbocycles. The van der Waals surface area contributed by atoms with Crippen molar-refractivity contribution >= 4 is 33.0 Å². The summed E-state index contributed by atoms with van der Waals surface area (Å²) in [5, 5.41) is 2.66. The molecule has 3 rings (SSSR count). The molecule has 1 aliphatic rings. The van der Waals surface area contributed by atoms with E-state index in [0.717, 1.165) is 30.6 Å². The van der Waals surface area contributed by atoms with Crippen molar-refractivity contribution in [3.63, 3.8) is 0 Å². The summed E-state index contributed by atoms with van der Waals surface area (Å²) in [6.45, 7) is 4.01. The van der Waals surface area contributed by atoms with E-state index in [1.807, 2.05) is 6.92 Å². The van der Waals surface area contributed by atoms with Crippen LogP contribution in [0.5, 0.6) is 0 Å². The molecule has 2 aromatic rings. The van der Waals surface area contributed by atoms with Crippen molar-refractivity contribution in [1.29, 1.82) is 0 Å². The van der Waals surface area contributed by atoms with Gasteiger partial charge in [-0.2, -0.15) is 4.31 Å². The van der Waals surface area contributed by atoms with Crippen LogP contribution in [0.3, 0.4) is 0 Å². The first-order chi connectivity index (χ1) is 12.4. The van der Waals surface area contributed by atoms with E-state index in [4.69, 9.17) is 0 Å². The fourth-order valence-corrected chi connectivity index (χ4v) is 6.10. The second kappa shape index (κ2) is 7.90. The summed E-state index contributed by atoms with van der Waals surface area (Å²) in [5.41, 5.74) is 0.595. The molecule has 1 saturated heterocycles. The zero-order chi connectivity index (χ0) is 18.7. The average Bonchev–Trinajstić information content (AvgIpc) is 2.87. The van der Waals surface area contributed by atoms with Gasteiger partial charge in [-0.15, -0.1) is 11.3 Å². The molecule has 1 amide bonds. The van der Waals surface area contributed by atoms with Crippen LogP contribution in [-0.2, 0) is 14.8 Å². The van der Waals surface area contributed by atoms with E-state index < -0.39 is 10.0 Å². The minimum absolute atomic E-state index is 0.101. The van der Waals surface area contributed by atoms with Gasteiger partial charge in [-0.05, 0) is 56.2 Å². The highest BCUT2D eigenvalue weighted by Crippen LogP contribution is 2.37.